The number of halogens is 1. The Hall–Kier alpha value is -0.960. The molecule has 4 heteroatoms. The zero-order valence-electron chi connectivity index (χ0n) is 10.2. The smallest absolute Gasteiger partial charge is 0.287 e. The zero-order valence-corrected chi connectivity index (χ0v) is 11.0. The molecule has 17 heavy (non-hydrogen) atoms. The van der Waals surface area contributed by atoms with Crippen molar-refractivity contribution < 1.29 is 9.21 Å². The van der Waals surface area contributed by atoms with Crippen LogP contribution in [0.25, 0.3) is 0 Å². The lowest BCUT2D eigenvalue weighted by Gasteiger charge is -2.32. The first-order valence-corrected chi connectivity index (χ1v) is 6.50. The van der Waals surface area contributed by atoms with Gasteiger partial charge in [0.15, 0.2) is 11.0 Å². The first-order chi connectivity index (χ1) is 8.06. The van der Waals surface area contributed by atoms with Crippen molar-refractivity contribution in [2.45, 2.75) is 39.2 Å². The molecule has 1 aliphatic rings. The third-order valence-corrected chi connectivity index (χ3v) is 3.93. The van der Waals surface area contributed by atoms with Gasteiger partial charge < -0.3 is 9.73 Å². The van der Waals surface area contributed by atoms with E-state index in [-0.39, 0.29) is 17.2 Å². The highest BCUT2D eigenvalue weighted by Gasteiger charge is 2.26. The molecule has 1 saturated carbocycles. The molecule has 0 aromatic carbocycles. The highest BCUT2D eigenvalue weighted by Crippen LogP contribution is 2.29. The van der Waals surface area contributed by atoms with Crippen molar-refractivity contribution in [2.75, 3.05) is 0 Å². The molecule has 1 N–H and O–H groups in total. The van der Waals surface area contributed by atoms with Gasteiger partial charge in [0.25, 0.3) is 5.91 Å². The van der Waals surface area contributed by atoms with Crippen LogP contribution in [0.2, 0.25) is 5.22 Å². The van der Waals surface area contributed by atoms with E-state index in [1.54, 1.807) is 12.1 Å². The second-order valence-corrected chi connectivity index (χ2v) is 5.41. The van der Waals surface area contributed by atoms with E-state index < -0.39 is 0 Å². The van der Waals surface area contributed by atoms with Crippen LogP contribution in [0.4, 0.5) is 0 Å². The quantitative estimate of drug-likeness (QED) is 0.879. The summed E-state index contributed by atoms with van der Waals surface area (Å²) < 4.78 is 5.09. The molecule has 1 amide bonds. The average molecular weight is 256 g/mol. The van der Waals surface area contributed by atoms with Crippen LogP contribution < -0.4 is 5.32 Å². The zero-order chi connectivity index (χ0) is 12.4. The molecular formula is C13H18ClNO2. The number of rotatable bonds is 2. The van der Waals surface area contributed by atoms with Gasteiger partial charge in [0, 0.05) is 6.04 Å². The van der Waals surface area contributed by atoms with Gasteiger partial charge in [-0.15, -0.1) is 0 Å². The predicted molar refractivity (Wildman–Crippen MR) is 67.2 cm³/mol. The van der Waals surface area contributed by atoms with E-state index in [1.165, 1.54) is 6.42 Å². The Balaban J connectivity index is 1.91. The van der Waals surface area contributed by atoms with Crippen molar-refractivity contribution >= 4 is 17.5 Å². The minimum Gasteiger partial charge on any atom is -0.440 e. The summed E-state index contributed by atoms with van der Waals surface area (Å²) in [4.78, 5) is 11.9. The summed E-state index contributed by atoms with van der Waals surface area (Å²) in [5.74, 6) is 1.54. The predicted octanol–water partition coefficient (Wildman–Crippen LogP) is 3.49. The molecule has 1 aromatic rings. The lowest BCUT2D eigenvalue weighted by atomic mass is 9.79. The van der Waals surface area contributed by atoms with E-state index in [0.29, 0.717) is 11.7 Å². The molecule has 0 bridgehead atoms. The van der Waals surface area contributed by atoms with Gasteiger partial charge in [-0.05, 0) is 54.8 Å². The number of hydrogen-bond donors (Lipinski definition) is 1. The Morgan fingerprint density at radius 2 is 2.12 bits per heavy atom. The lowest BCUT2D eigenvalue weighted by molar-refractivity contribution is 0.0882. The van der Waals surface area contributed by atoms with Crippen LogP contribution in [0.3, 0.4) is 0 Å². The van der Waals surface area contributed by atoms with E-state index in [4.69, 9.17) is 16.0 Å². The van der Waals surface area contributed by atoms with E-state index in [0.717, 1.165) is 18.8 Å². The van der Waals surface area contributed by atoms with Gasteiger partial charge in [0.2, 0.25) is 0 Å². The van der Waals surface area contributed by atoms with Gasteiger partial charge in [-0.25, -0.2) is 0 Å². The maximum Gasteiger partial charge on any atom is 0.287 e. The summed E-state index contributed by atoms with van der Waals surface area (Å²) >= 11 is 5.64. The molecule has 0 spiro atoms. The summed E-state index contributed by atoms with van der Waals surface area (Å²) in [6, 6.07) is 3.45. The molecule has 3 atom stereocenters. The van der Waals surface area contributed by atoms with Crippen LogP contribution in [0, 0.1) is 11.8 Å². The SMILES string of the molecule is CC1CCC(NC(=O)c2ccc(Cl)o2)CC1C. The Kier molecular flexibility index (Phi) is 3.77. The molecule has 3 nitrogen and oxygen atoms in total. The van der Waals surface area contributed by atoms with Gasteiger partial charge >= 0.3 is 0 Å². The van der Waals surface area contributed by atoms with Crippen LogP contribution in [0.1, 0.15) is 43.7 Å². The van der Waals surface area contributed by atoms with E-state index in [1.807, 2.05) is 0 Å². The molecule has 3 unspecified atom stereocenters. The van der Waals surface area contributed by atoms with Crippen molar-refractivity contribution in [3.63, 3.8) is 0 Å². The molecular weight excluding hydrogens is 238 g/mol. The number of amides is 1. The van der Waals surface area contributed by atoms with Crippen LogP contribution >= 0.6 is 11.6 Å². The van der Waals surface area contributed by atoms with Crippen LogP contribution in [-0.2, 0) is 0 Å². The fourth-order valence-electron chi connectivity index (χ4n) is 2.37. The third kappa shape index (κ3) is 3.03. The fourth-order valence-corrected chi connectivity index (χ4v) is 2.52. The highest BCUT2D eigenvalue weighted by molar-refractivity contribution is 6.29. The number of hydrogen-bond acceptors (Lipinski definition) is 2. The van der Waals surface area contributed by atoms with Gasteiger partial charge in [-0.2, -0.15) is 0 Å². The van der Waals surface area contributed by atoms with Gasteiger partial charge in [0.05, 0.1) is 0 Å². The van der Waals surface area contributed by atoms with Crippen molar-refractivity contribution in [1.29, 1.82) is 0 Å². The topological polar surface area (TPSA) is 42.2 Å². The third-order valence-electron chi connectivity index (χ3n) is 3.73. The molecule has 2 rings (SSSR count). The monoisotopic (exact) mass is 255 g/mol. The summed E-state index contributed by atoms with van der Waals surface area (Å²) in [7, 11) is 0. The summed E-state index contributed by atoms with van der Waals surface area (Å²) in [5, 5.41) is 3.26. The van der Waals surface area contributed by atoms with Crippen molar-refractivity contribution in [1.82, 2.24) is 5.32 Å². The Bertz CT molecular complexity index is 402. The fraction of sp³-hybridized carbons (Fsp3) is 0.615. The largest absolute Gasteiger partial charge is 0.440 e. The maximum atomic E-state index is 11.9. The van der Waals surface area contributed by atoms with Crippen LogP contribution in [0.5, 0.6) is 0 Å². The standard InChI is InChI=1S/C13H18ClNO2/c1-8-3-4-10(7-9(8)2)15-13(16)11-5-6-12(14)17-11/h5-6,8-10H,3-4,7H2,1-2H3,(H,15,16). The molecule has 1 aromatic heterocycles. The number of furan rings is 1. The summed E-state index contributed by atoms with van der Waals surface area (Å²) in [5.41, 5.74) is 0. The van der Waals surface area contributed by atoms with Gasteiger partial charge in [-0.3, -0.25) is 4.79 Å². The first kappa shape index (κ1) is 12.5. The van der Waals surface area contributed by atoms with E-state index in [9.17, 15) is 4.79 Å². The maximum absolute atomic E-state index is 11.9. The molecule has 94 valence electrons. The highest BCUT2D eigenvalue weighted by atomic mass is 35.5. The molecule has 1 heterocycles. The first-order valence-electron chi connectivity index (χ1n) is 6.12. The van der Waals surface area contributed by atoms with E-state index >= 15 is 0 Å². The van der Waals surface area contributed by atoms with Gasteiger partial charge in [-0.1, -0.05) is 13.8 Å². The average Bonchev–Trinajstić information content (AvgIpc) is 2.70. The summed E-state index contributed by atoms with van der Waals surface area (Å²) in [6.45, 7) is 4.52. The molecule has 1 fully saturated rings. The Morgan fingerprint density at radius 3 is 2.71 bits per heavy atom. The lowest BCUT2D eigenvalue weighted by Crippen LogP contribution is -2.39. The van der Waals surface area contributed by atoms with Crippen molar-refractivity contribution in [3.8, 4) is 0 Å². The van der Waals surface area contributed by atoms with Gasteiger partial charge in [0.1, 0.15) is 0 Å². The van der Waals surface area contributed by atoms with Crippen molar-refractivity contribution in [2.24, 2.45) is 11.8 Å². The Morgan fingerprint density at radius 1 is 1.35 bits per heavy atom. The normalized spacial score (nSPS) is 29.0. The number of carbonyl (C=O) groups is 1. The molecule has 0 saturated heterocycles. The number of carbonyl (C=O) groups excluding carboxylic acids is 1. The number of nitrogens with one attached hydrogen (secondary N) is 1. The second-order valence-electron chi connectivity index (χ2n) is 5.04. The van der Waals surface area contributed by atoms with Crippen molar-refractivity contribution in [3.05, 3.63) is 23.1 Å². The molecule has 0 radical (unpaired) electrons. The van der Waals surface area contributed by atoms with E-state index in [2.05, 4.69) is 19.2 Å². The second kappa shape index (κ2) is 5.13. The minimum atomic E-state index is -0.163. The molecule has 0 aliphatic heterocycles. The molecule has 1 aliphatic carbocycles. The minimum absolute atomic E-state index is 0.163. The van der Waals surface area contributed by atoms with Crippen LogP contribution in [0.15, 0.2) is 16.5 Å². The summed E-state index contributed by atoms with van der Waals surface area (Å²) in [6.07, 6.45) is 3.26. The Labute approximate surface area is 107 Å². The van der Waals surface area contributed by atoms with Crippen LogP contribution in [-0.4, -0.2) is 11.9 Å².